The molecule has 144 valence electrons. The van der Waals surface area contributed by atoms with Gasteiger partial charge in [-0.1, -0.05) is 23.7 Å². The molecule has 0 bridgehead atoms. The topological polar surface area (TPSA) is 96.8 Å². The minimum atomic E-state index is -0.469. The van der Waals surface area contributed by atoms with Gasteiger partial charge in [0.25, 0.3) is 11.8 Å². The van der Waals surface area contributed by atoms with Crippen LogP contribution < -0.4 is 5.43 Å². The maximum atomic E-state index is 12.6. The minimum absolute atomic E-state index is 0.0787. The van der Waals surface area contributed by atoms with Crippen molar-refractivity contribution in [1.82, 2.24) is 9.99 Å². The van der Waals surface area contributed by atoms with Crippen molar-refractivity contribution in [2.24, 2.45) is 5.10 Å². The third-order valence-corrected chi connectivity index (χ3v) is 4.64. The van der Waals surface area contributed by atoms with Crippen LogP contribution >= 0.6 is 11.6 Å². The van der Waals surface area contributed by atoms with Crippen LogP contribution in [0.4, 0.5) is 0 Å². The smallest absolute Gasteiger partial charge is 0.271 e. The van der Waals surface area contributed by atoms with Crippen LogP contribution in [0.3, 0.4) is 0 Å². The quantitative estimate of drug-likeness (QED) is 0.394. The molecule has 0 aliphatic carbocycles. The van der Waals surface area contributed by atoms with Crippen LogP contribution in [0.15, 0.2) is 76.8 Å². The second kappa shape index (κ2) is 7.65. The van der Waals surface area contributed by atoms with Gasteiger partial charge < -0.3 is 9.52 Å². The zero-order valence-corrected chi connectivity index (χ0v) is 15.6. The third kappa shape index (κ3) is 3.63. The fraction of sp³-hybridized carbons (Fsp3) is 0. The van der Waals surface area contributed by atoms with Crippen LogP contribution in [-0.2, 0) is 0 Å². The van der Waals surface area contributed by atoms with E-state index < -0.39 is 5.91 Å². The van der Waals surface area contributed by atoms with Crippen LogP contribution in [0, 0.1) is 0 Å². The lowest BCUT2D eigenvalue weighted by molar-refractivity contribution is 0.0950. The first-order chi connectivity index (χ1) is 14.0. The summed E-state index contributed by atoms with van der Waals surface area (Å²) < 4.78 is 6.50. The predicted octanol–water partition coefficient (Wildman–Crippen LogP) is 4.05. The number of aromatic hydroxyl groups is 1. The van der Waals surface area contributed by atoms with Crippen LogP contribution in [0.5, 0.6) is 5.75 Å². The molecule has 2 aromatic heterocycles. The molecule has 7 nitrogen and oxygen atoms in total. The van der Waals surface area contributed by atoms with Gasteiger partial charge in [0.1, 0.15) is 12.0 Å². The Morgan fingerprint density at radius 1 is 1.14 bits per heavy atom. The highest BCUT2D eigenvalue weighted by Gasteiger charge is 2.13. The number of furan rings is 1. The van der Waals surface area contributed by atoms with Gasteiger partial charge >= 0.3 is 0 Å². The van der Waals surface area contributed by atoms with Crippen molar-refractivity contribution in [3.8, 4) is 5.75 Å². The SMILES string of the molecule is O=C(N/N=C/c1cccc2c1ccn2C(=O)c1ccoc1)c1ccc(O)c(Cl)c1. The van der Waals surface area contributed by atoms with E-state index in [0.717, 1.165) is 10.9 Å². The molecule has 2 heterocycles. The molecule has 2 aromatic carbocycles. The zero-order valence-electron chi connectivity index (χ0n) is 14.9. The van der Waals surface area contributed by atoms with Crippen LogP contribution in [0.25, 0.3) is 10.9 Å². The molecule has 4 rings (SSSR count). The average molecular weight is 408 g/mol. The second-order valence-electron chi connectivity index (χ2n) is 6.15. The Hall–Kier alpha value is -3.84. The summed E-state index contributed by atoms with van der Waals surface area (Å²) in [5.41, 5.74) is 4.56. The summed E-state index contributed by atoms with van der Waals surface area (Å²) in [7, 11) is 0. The maximum Gasteiger partial charge on any atom is 0.271 e. The maximum absolute atomic E-state index is 12.6. The predicted molar refractivity (Wildman–Crippen MR) is 109 cm³/mol. The summed E-state index contributed by atoms with van der Waals surface area (Å²) in [6, 6.07) is 13.0. The fourth-order valence-corrected chi connectivity index (χ4v) is 3.06. The molecule has 2 N–H and O–H groups in total. The standard InChI is InChI=1S/C21H14ClN3O4/c22-17-10-13(4-5-19(17)26)20(27)24-23-11-14-2-1-3-18-16(14)6-8-25(18)21(28)15-7-9-29-12-15/h1-12,26H,(H,24,27)/b23-11+. The molecule has 0 aliphatic rings. The molecule has 29 heavy (non-hydrogen) atoms. The molecule has 8 heteroatoms. The largest absolute Gasteiger partial charge is 0.506 e. The Balaban J connectivity index is 1.56. The molecule has 0 aliphatic heterocycles. The number of hydrazone groups is 1. The number of carbonyl (C=O) groups is 2. The average Bonchev–Trinajstić information content (AvgIpc) is 3.40. The van der Waals surface area contributed by atoms with E-state index in [1.165, 1.54) is 41.5 Å². The highest BCUT2D eigenvalue weighted by Crippen LogP contribution is 2.23. The van der Waals surface area contributed by atoms with Crippen molar-refractivity contribution in [2.45, 2.75) is 0 Å². The highest BCUT2D eigenvalue weighted by atomic mass is 35.5. The summed E-state index contributed by atoms with van der Waals surface area (Å²) in [5, 5.41) is 14.3. The number of rotatable bonds is 4. The molecule has 0 saturated carbocycles. The van der Waals surface area contributed by atoms with Crippen LogP contribution in [0.1, 0.15) is 26.3 Å². The van der Waals surface area contributed by atoms with Crippen molar-refractivity contribution in [3.63, 3.8) is 0 Å². The number of carbonyl (C=O) groups excluding carboxylic acids is 2. The summed E-state index contributed by atoms with van der Waals surface area (Å²) in [4.78, 5) is 24.8. The van der Waals surface area contributed by atoms with Gasteiger partial charge in [-0.3, -0.25) is 14.2 Å². The molecule has 0 spiro atoms. The molecular formula is C21H14ClN3O4. The van der Waals surface area contributed by atoms with Gasteiger partial charge in [-0.2, -0.15) is 5.10 Å². The van der Waals surface area contributed by atoms with Crippen LogP contribution in [-0.4, -0.2) is 27.7 Å². The lowest BCUT2D eigenvalue weighted by atomic mass is 10.1. The molecule has 1 amide bonds. The van der Waals surface area contributed by atoms with Gasteiger partial charge in [-0.15, -0.1) is 0 Å². The first-order valence-corrected chi connectivity index (χ1v) is 8.91. The molecular weight excluding hydrogens is 394 g/mol. The second-order valence-corrected chi connectivity index (χ2v) is 6.56. The van der Waals surface area contributed by atoms with Crippen molar-refractivity contribution in [3.05, 3.63) is 89.0 Å². The number of hydrogen-bond acceptors (Lipinski definition) is 5. The van der Waals surface area contributed by atoms with E-state index >= 15 is 0 Å². The van der Waals surface area contributed by atoms with Crippen molar-refractivity contribution < 1.29 is 19.1 Å². The Morgan fingerprint density at radius 2 is 2.00 bits per heavy atom. The third-order valence-electron chi connectivity index (χ3n) is 4.33. The van der Waals surface area contributed by atoms with Gasteiger partial charge in [0, 0.05) is 22.7 Å². The number of fused-ring (bicyclic) bond motifs is 1. The Morgan fingerprint density at radius 3 is 2.76 bits per heavy atom. The lowest BCUT2D eigenvalue weighted by Crippen LogP contribution is -2.17. The van der Waals surface area contributed by atoms with Crippen molar-refractivity contribution in [2.75, 3.05) is 0 Å². The first-order valence-electron chi connectivity index (χ1n) is 8.53. The summed E-state index contributed by atoms with van der Waals surface area (Å²) in [6.45, 7) is 0. The van der Waals surface area contributed by atoms with E-state index in [-0.39, 0.29) is 22.2 Å². The van der Waals surface area contributed by atoms with E-state index in [9.17, 15) is 14.7 Å². The van der Waals surface area contributed by atoms with E-state index in [4.69, 9.17) is 16.0 Å². The number of phenolic OH excluding ortho intramolecular Hbond substituents is 1. The van der Waals surface area contributed by atoms with Crippen molar-refractivity contribution >= 4 is 40.5 Å². The zero-order chi connectivity index (χ0) is 20.4. The summed E-state index contributed by atoms with van der Waals surface area (Å²) in [6.07, 6.45) is 6.01. The molecule has 0 unspecified atom stereocenters. The van der Waals surface area contributed by atoms with Gasteiger partial charge in [-0.05, 0) is 36.4 Å². The highest BCUT2D eigenvalue weighted by molar-refractivity contribution is 6.32. The lowest BCUT2D eigenvalue weighted by Gasteiger charge is -2.04. The number of halogens is 1. The minimum Gasteiger partial charge on any atom is -0.506 e. The van der Waals surface area contributed by atoms with Gasteiger partial charge in [0.15, 0.2) is 0 Å². The normalized spacial score (nSPS) is 11.2. The van der Waals surface area contributed by atoms with E-state index in [1.54, 1.807) is 24.4 Å². The molecule has 0 fully saturated rings. The number of phenols is 1. The number of hydrogen-bond donors (Lipinski definition) is 2. The number of benzene rings is 2. The van der Waals surface area contributed by atoms with Gasteiger partial charge in [0.05, 0.1) is 28.6 Å². The van der Waals surface area contributed by atoms with Crippen molar-refractivity contribution in [1.29, 1.82) is 0 Å². The Labute approximate surface area is 169 Å². The Bertz CT molecular complexity index is 1240. The number of aromatic nitrogens is 1. The molecule has 0 radical (unpaired) electrons. The van der Waals surface area contributed by atoms with Crippen LogP contribution in [0.2, 0.25) is 5.02 Å². The number of nitrogens with one attached hydrogen (secondary N) is 1. The van der Waals surface area contributed by atoms with Gasteiger partial charge in [0.2, 0.25) is 0 Å². The monoisotopic (exact) mass is 407 g/mol. The fourth-order valence-electron chi connectivity index (χ4n) is 2.88. The molecule has 0 saturated heterocycles. The van der Waals surface area contributed by atoms with E-state index in [1.807, 2.05) is 12.1 Å². The first kappa shape index (κ1) is 18.5. The summed E-state index contributed by atoms with van der Waals surface area (Å²) in [5.74, 6) is -0.781. The van der Waals surface area contributed by atoms with E-state index in [0.29, 0.717) is 11.1 Å². The number of nitrogens with zero attached hydrogens (tertiary/aromatic N) is 2. The summed E-state index contributed by atoms with van der Waals surface area (Å²) >= 11 is 5.81. The van der Waals surface area contributed by atoms with Gasteiger partial charge in [-0.25, -0.2) is 5.43 Å². The molecule has 0 atom stereocenters. The number of amides is 1. The molecule has 4 aromatic rings. The van der Waals surface area contributed by atoms with E-state index in [2.05, 4.69) is 10.5 Å². The Kier molecular flexibility index (Phi) is 4.88.